The highest BCUT2D eigenvalue weighted by Gasteiger charge is 2.17. The van der Waals surface area contributed by atoms with Gasteiger partial charge in [-0.3, -0.25) is 0 Å². The summed E-state index contributed by atoms with van der Waals surface area (Å²) in [6.45, 7) is 2.52. The molecule has 0 saturated carbocycles. The first-order valence-electron chi connectivity index (χ1n) is 5.74. The van der Waals surface area contributed by atoms with Crippen LogP contribution >= 0.6 is 0 Å². The normalized spacial score (nSPS) is 22.1. The first-order chi connectivity index (χ1) is 7.25. The maximum absolute atomic E-state index is 9.22. The van der Waals surface area contributed by atoms with Crippen molar-refractivity contribution in [2.24, 2.45) is 0 Å². The molecule has 2 heteroatoms. The van der Waals surface area contributed by atoms with Gasteiger partial charge in [-0.15, -0.1) is 0 Å². The number of rotatable bonds is 3. The lowest BCUT2D eigenvalue weighted by molar-refractivity contribution is 0.184. The molecule has 15 heavy (non-hydrogen) atoms. The lowest BCUT2D eigenvalue weighted by atomic mass is 9.88. The number of hydrogen-bond donors (Lipinski definition) is 2. The molecule has 0 aromatic heterocycles. The highest BCUT2D eigenvalue weighted by molar-refractivity contribution is 5.30. The van der Waals surface area contributed by atoms with Gasteiger partial charge in [0.25, 0.3) is 0 Å². The molecule has 1 aromatic rings. The van der Waals surface area contributed by atoms with E-state index in [1.165, 1.54) is 17.5 Å². The second-order valence-corrected chi connectivity index (χ2v) is 4.47. The molecule has 2 N–H and O–H groups in total. The average molecular weight is 205 g/mol. The molecule has 0 amide bonds. The van der Waals surface area contributed by atoms with E-state index in [4.69, 9.17) is 0 Å². The summed E-state index contributed by atoms with van der Waals surface area (Å²) in [5.41, 5.74) is 2.96. The van der Waals surface area contributed by atoms with Crippen molar-refractivity contribution in [3.05, 3.63) is 35.4 Å². The molecular weight excluding hydrogens is 186 g/mol. The minimum absolute atomic E-state index is 0.248. The molecule has 0 bridgehead atoms. The third-order valence-corrected chi connectivity index (χ3v) is 3.05. The molecule has 2 atom stereocenters. The Hall–Kier alpha value is -0.860. The molecule has 2 nitrogen and oxygen atoms in total. The minimum Gasteiger partial charge on any atom is -0.392 e. The average Bonchev–Trinajstić information content (AvgIpc) is 2.26. The van der Waals surface area contributed by atoms with E-state index >= 15 is 0 Å². The Balaban J connectivity index is 1.94. The summed E-state index contributed by atoms with van der Waals surface area (Å²) in [6.07, 6.45) is 3.20. The molecule has 82 valence electrons. The Morgan fingerprint density at radius 1 is 1.40 bits per heavy atom. The first-order valence-corrected chi connectivity index (χ1v) is 5.74. The van der Waals surface area contributed by atoms with Crippen LogP contribution < -0.4 is 5.32 Å². The van der Waals surface area contributed by atoms with E-state index in [0.717, 1.165) is 12.8 Å². The van der Waals surface area contributed by atoms with Crippen molar-refractivity contribution in [3.63, 3.8) is 0 Å². The van der Waals surface area contributed by atoms with Gasteiger partial charge in [-0.25, -0.2) is 0 Å². The van der Waals surface area contributed by atoms with Crippen molar-refractivity contribution < 1.29 is 5.11 Å². The van der Waals surface area contributed by atoms with Crippen molar-refractivity contribution in [3.8, 4) is 0 Å². The third kappa shape index (κ3) is 2.80. The van der Waals surface area contributed by atoms with Crippen LogP contribution in [-0.2, 0) is 12.8 Å². The molecule has 0 fully saturated rings. The van der Waals surface area contributed by atoms with Crippen molar-refractivity contribution in [1.82, 2.24) is 5.32 Å². The van der Waals surface area contributed by atoms with Gasteiger partial charge in [-0.2, -0.15) is 0 Å². The van der Waals surface area contributed by atoms with Crippen LogP contribution in [0.5, 0.6) is 0 Å². The quantitative estimate of drug-likeness (QED) is 0.784. The Morgan fingerprint density at radius 2 is 2.13 bits per heavy atom. The summed E-state index contributed by atoms with van der Waals surface area (Å²) >= 11 is 0. The molecule has 0 spiro atoms. The lowest BCUT2D eigenvalue weighted by Crippen LogP contribution is -2.38. The van der Waals surface area contributed by atoms with Crippen LogP contribution in [0.15, 0.2) is 24.3 Å². The van der Waals surface area contributed by atoms with E-state index in [-0.39, 0.29) is 6.10 Å². The van der Waals surface area contributed by atoms with E-state index in [1.807, 2.05) is 6.92 Å². The fourth-order valence-electron chi connectivity index (χ4n) is 2.21. The number of hydrogen-bond acceptors (Lipinski definition) is 2. The number of aliphatic hydroxyl groups is 1. The van der Waals surface area contributed by atoms with Crippen LogP contribution in [0, 0.1) is 0 Å². The number of nitrogens with one attached hydrogen (secondary N) is 1. The van der Waals surface area contributed by atoms with Gasteiger partial charge >= 0.3 is 0 Å². The van der Waals surface area contributed by atoms with E-state index in [9.17, 15) is 5.11 Å². The molecule has 1 aliphatic carbocycles. The van der Waals surface area contributed by atoms with Gasteiger partial charge in [0.15, 0.2) is 0 Å². The summed E-state index contributed by atoms with van der Waals surface area (Å²) < 4.78 is 0. The van der Waals surface area contributed by atoms with Crippen LogP contribution in [-0.4, -0.2) is 23.8 Å². The van der Waals surface area contributed by atoms with E-state index in [0.29, 0.717) is 12.6 Å². The molecule has 0 heterocycles. The van der Waals surface area contributed by atoms with Crippen molar-refractivity contribution in [2.45, 2.75) is 38.3 Å². The van der Waals surface area contributed by atoms with Gasteiger partial charge in [0.1, 0.15) is 0 Å². The molecule has 1 aromatic carbocycles. The molecule has 2 rings (SSSR count). The zero-order valence-electron chi connectivity index (χ0n) is 9.24. The Labute approximate surface area is 91.3 Å². The van der Waals surface area contributed by atoms with E-state index in [1.54, 1.807) is 0 Å². The van der Waals surface area contributed by atoms with Gasteiger partial charge < -0.3 is 10.4 Å². The molecule has 1 aliphatic rings. The summed E-state index contributed by atoms with van der Waals surface area (Å²) in [6, 6.07) is 9.19. The Kier molecular flexibility index (Phi) is 3.39. The standard InChI is InChI=1S/C13H19NO/c1-10(15)9-14-13-7-6-11-4-2-3-5-12(11)8-13/h2-5,10,13-15H,6-9H2,1H3/t10-,13-/m0/s1. The van der Waals surface area contributed by atoms with Crippen molar-refractivity contribution >= 4 is 0 Å². The lowest BCUT2D eigenvalue weighted by Gasteiger charge is -2.26. The Morgan fingerprint density at radius 3 is 2.87 bits per heavy atom. The zero-order chi connectivity index (χ0) is 10.7. The molecule has 0 radical (unpaired) electrons. The first kappa shape index (κ1) is 10.7. The summed E-state index contributed by atoms with van der Waals surface area (Å²) in [7, 11) is 0. The second-order valence-electron chi connectivity index (χ2n) is 4.47. The van der Waals surface area contributed by atoms with Gasteiger partial charge in [0, 0.05) is 12.6 Å². The predicted octanol–water partition coefficient (Wildman–Crippen LogP) is 1.51. The Bertz CT molecular complexity index is 322. The van der Waals surface area contributed by atoms with Gasteiger partial charge in [0.2, 0.25) is 0 Å². The highest BCUT2D eigenvalue weighted by Crippen LogP contribution is 2.20. The van der Waals surface area contributed by atoms with Crippen molar-refractivity contribution in [2.75, 3.05) is 6.54 Å². The topological polar surface area (TPSA) is 32.3 Å². The van der Waals surface area contributed by atoms with Gasteiger partial charge in [0.05, 0.1) is 6.10 Å². The number of aliphatic hydroxyl groups excluding tert-OH is 1. The molecule has 0 aliphatic heterocycles. The van der Waals surface area contributed by atoms with Crippen molar-refractivity contribution in [1.29, 1.82) is 0 Å². The van der Waals surface area contributed by atoms with Crippen LogP contribution in [0.2, 0.25) is 0 Å². The molecule has 0 unspecified atom stereocenters. The fourth-order valence-corrected chi connectivity index (χ4v) is 2.21. The highest BCUT2D eigenvalue weighted by atomic mass is 16.3. The summed E-state index contributed by atoms with van der Waals surface area (Å²) in [5.74, 6) is 0. The largest absolute Gasteiger partial charge is 0.392 e. The van der Waals surface area contributed by atoms with Crippen LogP contribution in [0.25, 0.3) is 0 Å². The third-order valence-electron chi connectivity index (χ3n) is 3.05. The maximum atomic E-state index is 9.22. The van der Waals surface area contributed by atoms with E-state index in [2.05, 4.69) is 29.6 Å². The van der Waals surface area contributed by atoms with Crippen LogP contribution in [0.1, 0.15) is 24.5 Å². The second kappa shape index (κ2) is 4.77. The number of fused-ring (bicyclic) bond motifs is 1. The maximum Gasteiger partial charge on any atom is 0.0636 e. The van der Waals surface area contributed by atoms with Gasteiger partial charge in [-0.1, -0.05) is 24.3 Å². The van der Waals surface area contributed by atoms with Gasteiger partial charge in [-0.05, 0) is 37.3 Å². The number of benzene rings is 1. The van der Waals surface area contributed by atoms with Crippen LogP contribution in [0.3, 0.4) is 0 Å². The zero-order valence-corrected chi connectivity index (χ0v) is 9.24. The SMILES string of the molecule is C[C@H](O)CN[C@H]1CCc2ccccc2C1. The summed E-state index contributed by atoms with van der Waals surface area (Å²) in [4.78, 5) is 0. The molecule has 0 saturated heterocycles. The predicted molar refractivity (Wildman–Crippen MR) is 61.9 cm³/mol. The fraction of sp³-hybridized carbons (Fsp3) is 0.538. The molecular formula is C13H19NO. The smallest absolute Gasteiger partial charge is 0.0636 e. The van der Waals surface area contributed by atoms with Crippen LogP contribution in [0.4, 0.5) is 0 Å². The summed E-state index contributed by atoms with van der Waals surface area (Å²) in [5, 5.41) is 12.6. The minimum atomic E-state index is -0.248. The number of aryl methyl sites for hydroxylation is 1. The monoisotopic (exact) mass is 205 g/mol. The van der Waals surface area contributed by atoms with E-state index < -0.39 is 0 Å².